The van der Waals surface area contributed by atoms with Crippen LogP contribution in [0.4, 0.5) is 0 Å². The first-order valence-corrected chi connectivity index (χ1v) is 15.0. The standard InChI is InChI=1S/C38H26N2S/c1-38(2)32-21-23(25-11-7-12-30-29-10-4-6-15-35(29)41-36(25)30)16-18-26(32)27-19-17-24(22-33(27)38)40-34-14-5-3-9-28(34)31-13-8-20-39-37(31)40/h3-22H,1-2H3. The molecule has 3 heteroatoms. The van der Waals surface area contributed by atoms with E-state index in [1.54, 1.807) is 0 Å². The van der Waals surface area contributed by atoms with Gasteiger partial charge in [0.25, 0.3) is 0 Å². The van der Waals surface area contributed by atoms with Crippen molar-refractivity contribution in [2.24, 2.45) is 0 Å². The number of aromatic nitrogens is 2. The normalized spacial score (nSPS) is 13.8. The molecule has 0 unspecified atom stereocenters. The Bertz CT molecular complexity index is 2300. The molecular formula is C38H26N2S. The Morgan fingerprint density at radius 2 is 1.34 bits per heavy atom. The fourth-order valence-corrected chi connectivity index (χ4v) is 8.30. The Morgan fingerprint density at radius 1 is 0.610 bits per heavy atom. The number of hydrogen-bond donors (Lipinski definition) is 0. The van der Waals surface area contributed by atoms with Crippen molar-refractivity contribution in [3.05, 3.63) is 133 Å². The summed E-state index contributed by atoms with van der Waals surface area (Å²) in [4.78, 5) is 4.81. The predicted octanol–water partition coefficient (Wildman–Crippen LogP) is 10.5. The van der Waals surface area contributed by atoms with Crippen LogP contribution in [0.5, 0.6) is 0 Å². The number of fused-ring (bicyclic) bond motifs is 9. The highest BCUT2D eigenvalue weighted by molar-refractivity contribution is 7.26. The molecular weight excluding hydrogens is 516 g/mol. The fraction of sp³-hybridized carbons (Fsp3) is 0.0789. The highest BCUT2D eigenvalue weighted by atomic mass is 32.1. The van der Waals surface area contributed by atoms with Gasteiger partial charge >= 0.3 is 0 Å². The van der Waals surface area contributed by atoms with Crippen molar-refractivity contribution < 1.29 is 0 Å². The number of para-hydroxylation sites is 1. The molecule has 3 aromatic heterocycles. The number of nitrogens with zero attached hydrogens (tertiary/aromatic N) is 2. The van der Waals surface area contributed by atoms with Crippen LogP contribution in [0.3, 0.4) is 0 Å². The zero-order valence-electron chi connectivity index (χ0n) is 22.8. The van der Waals surface area contributed by atoms with Crippen molar-refractivity contribution in [3.8, 4) is 27.9 Å². The van der Waals surface area contributed by atoms with E-state index in [0.717, 1.165) is 11.3 Å². The number of benzene rings is 5. The lowest BCUT2D eigenvalue weighted by atomic mass is 9.81. The summed E-state index contributed by atoms with van der Waals surface area (Å²) >= 11 is 1.90. The Hall–Kier alpha value is -4.73. The van der Waals surface area contributed by atoms with Crippen LogP contribution in [-0.2, 0) is 5.41 Å². The summed E-state index contributed by atoms with van der Waals surface area (Å²) in [6.07, 6.45) is 1.89. The fourth-order valence-electron chi connectivity index (χ4n) is 7.06. The molecule has 9 rings (SSSR count). The van der Waals surface area contributed by atoms with Gasteiger partial charge in [0.2, 0.25) is 0 Å². The summed E-state index contributed by atoms with van der Waals surface area (Å²) in [5.41, 5.74) is 11.2. The van der Waals surface area contributed by atoms with E-state index in [1.165, 1.54) is 69.8 Å². The van der Waals surface area contributed by atoms with Crippen LogP contribution in [0.2, 0.25) is 0 Å². The maximum absolute atomic E-state index is 4.81. The number of hydrogen-bond acceptors (Lipinski definition) is 2. The molecule has 0 atom stereocenters. The number of pyridine rings is 1. The minimum atomic E-state index is -0.128. The van der Waals surface area contributed by atoms with E-state index < -0.39 is 0 Å². The lowest BCUT2D eigenvalue weighted by molar-refractivity contribution is 0.660. The van der Waals surface area contributed by atoms with E-state index in [2.05, 4.69) is 128 Å². The minimum Gasteiger partial charge on any atom is -0.294 e. The second kappa shape index (κ2) is 8.15. The smallest absolute Gasteiger partial charge is 0.145 e. The summed E-state index contributed by atoms with van der Waals surface area (Å²) in [5, 5.41) is 5.11. The topological polar surface area (TPSA) is 17.8 Å². The highest BCUT2D eigenvalue weighted by Gasteiger charge is 2.36. The lowest BCUT2D eigenvalue weighted by Gasteiger charge is -2.23. The molecule has 194 valence electrons. The highest BCUT2D eigenvalue weighted by Crippen LogP contribution is 2.51. The molecule has 0 aliphatic heterocycles. The first-order valence-electron chi connectivity index (χ1n) is 14.1. The summed E-state index contributed by atoms with van der Waals surface area (Å²) in [6.45, 7) is 4.74. The quantitative estimate of drug-likeness (QED) is 0.212. The third-order valence-corrected chi connectivity index (χ3v) is 10.3. The zero-order valence-corrected chi connectivity index (χ0v) is 23.7. The molecule has 1 aliphatic rings. The largest absolute Gasteiger partial charge is 0.294 e. The van der Waals surface area contributed by atoms with Crippen LogP contribution in [0.15, 0.2) is 121 Å². The molecule has 0 amide bonds. The van der Waals surface area contributed by atoms with Crippen molar-refractivity contribution in [1.82, 2.24) is 9.55 Å². The van der Waals surface area contributed by atoms with E-state index in [9.17, 15) is 0 Å². The van der Waals surface area contributed by atoms with Crippen LogP contribution in [0, 0.1) is 0 Å². The molecule has 0 N–H and O–H groups in total. The maximum Gasteiger partial charge on any atom is 0.145 e. The molecule has 0 radical (unpaired) electrons. The molecule has 1 aliphatic carbocycles. The minimum absolute atomic E-state index is 0.128. The van der Waals surface area contributed by atoms with Gasteiger partial charge in [-0.2, -0.15) is 0 Å². The van der Waals surface area contributed by atoms with Crippen molar-refractivity contribution in [2.45, 2.75) is 19.3 Å². The summed E-state index contributed by atoms with van der Waals surface area (Å²) in [5.74, 6) is 0. The second-order valence-electron chi connectivity index (χ2n) is 11.6. The monoisotopic (exact) mass is 542 g/mol. The van der Waals surface area contributed by atoms with Gasteiger partial charge in [0.05, 0.1) is 5.52 Å². The molecule has 0 spiro atoms. The molecule has 3 heterocycles. The van der Waals surface area contributed by atoms with Gasteiger partial charge in [0.1, 0.15) is 5.65 Å². The third kappa shape index (κ3) is 3.10. The Morgan fingerprint density at radius 3 is 2.24 bits per heavy atom. The third-order valence-electron chi connectivity index (χ3n) is 9.07. The van der Waals surface area contributed by atoms with Crippen molar-refractivity contribution >= 4 is 53.4 Å². The first kappa shape index (κ1) is 23.0. The van der Waals surface area contributed by atoms with Crippen LogP contribution >= 0.6 is 11.3 Å². The van der Waals surface area contributed by atoms with Gasteiger partial charge in [0, 0.05) is 48.2 Å². The molecule has 0 saturated carbocycles. The average Bonchev–Trinajstić information content (AvgIpc) is 3.63. The van der Waals surface area contributed by atoms with Gasteiger partial charge in [0.15, 0.2) is 0 Å². The van der Waals surface area contributed by atoms with Crippen LogP contribution in [-0.4, -0.2) is 9.55 Å². The van der Waals surface area contributed by atoms with Gasteiger partial charge in [-0.15, -0.1) is 11.3 Å². The van der Waals surface area contributed by atoms with Crippen molar-refractivity contribution in [1.29, 1.82) is 0 Å². The SMILES string of the molecule is CC1(C)c2cc(-c3cccc4c3sc3ccccc34)ccc2-c2ccc(-n3c4ccccc4c4cccnc43)cc21. The van der Waals surface area contributed by atoms with E-state index in [1.807, 2.05) is 23.6 Å². The molecule has 2 nitrogen and oxygen atoms in total. The van der Waals surface area contributed by atoms with Crippen molar-refractivity contribution in [2.75, 3.05) is 0 Å². The predicted molar refractivity (Wildman–Crippen MR) is 174 cm³/mol. The van der Waals surface area contributed by atoms with Crippen molar-refractivity contribution in [3.63, 3.8) is 0 Å². The van der Waals surface area contributed by atoms with Gasteiger partial charge in [-0.25, -0.2) is 4.98 Å². The van der Waals surface area contributed by atoms with Gasteiger partial charge in [-0.1, -0.05) is 86.6 Å². The zero-order chi connectivity index (χ0) is 27.3. The van der Waals surface area contributed by atoms with E-state index >= 15 is 0 Å². The second-order valence-corrected chi connectivity index (χ2v) is 12.7. The van der Waals surface area contributed by atoms with Gasteiger partial charge < -0.3 is 0 Å². The summed E-state index contributed by atoms with van der Waals surface area (Å²) < 4.78 is 5.02. The van der Waals surface area contributed by atoms with Gasteiger partial charge in [-0.3, -0.25) is 4.57 Å². The maximum atomic E-state index is 4.81. The number of rotatable bonds is 2. The molecule has 41 heavy (non-hydrogen) atoms. The molecule has 0 bridgehead atoms. The van der Waals surface area contributed by atoms with Crippen LogP contribution in [0.25, 0.3) is 70.0 Å². The number of thiophene rings is 1. The molecule has 5 aromatic carbocycles. The Balaban J connectivity index is 1.22. The Kier molecular flexibility index (Phi) is 4.58. The lowest BCUT2D eigenvalue weighted by Crippen LogP contribution is -2.15. The van der Waals surface area contributed by atoms with Crippen LogP contribution < -0.4 is 0 Å². The van der Waals surface area contributed by atoms with Gasteiger partial charge in [-0.05, 0) is 75.8 Å². The van der Waals surface area contributed by atoms with E-state index in [0.29, 0.717) is 0 Å². The van der Waals surface area contributed by atoms with Crippen LogP contribution in [0.1, 0.15) is 25.0 Å². The summed E-state index contributed by atoms with van der Waals surface area (Å²) in [6, 6.07) is 42.4. The van der Waals surface area contributed by atoms with E-state index in [-0.39, 0.29) is 5.41 Å². The molecule has 0 fully saturated rings. The van der Waals surface area contributed by atoms with E-state index in [4.69, 9.17) is 4.98 Å². The Labute approximate surface area is 242 Å². The molecule has 8 aromatic rings. The average molecular weight is 543 g/mol. The molecule has 0 saturated heterocycles. The first-order chi connectivity index (χ1) is 20.1. The summed E-state index contributed by atoms with van der Waals surface area (Å²) in [7, 11) is 0.